The molecular formula is C19H19N3O. The van der Waals surface area contributed by atoms with E-state index in [1.54, 1.807) is 0 Å². The van der Waals surface area contributed by atoms with Gasteiger partial charge in [-0.25, -0.2) is 4.98 Å². The number of benzene rings is 2. The monoisotopic (exact) mass is 305 g/mol. The average Bonchev–Trinajstić information content (AvgIpc) is 3.35. The Bertz CT molecular complexity index is 846. The highest BCUT2D eigenvalue weighted by atomic mass is 16.1. The summed E-state index contributed by atoms with van der Waals surface area (Å²) in [6.07, 6.45) is 4.27. The zero-order valence-electron chi connectivity index (χ0n) is 13.1. The number of para-hydroxylation sites is 2. The Kier molecular flexibility index (Phi) is 3.37. The minimum absolute atomic E-state index is 0.00596. The molecule has 1 amide bonds. The standard InChI is InChI=1S/C19H19N3O/c1-13(14-6-7-14)21-19(23)15-8-10-16(11-9-15)22-12-20-17-4-2-3-5-18(17)22/h2-5,8-14H,6-7H2,1H3,(H,21,23)/t13-/m0/s1. The summed E-state index contributed by atoms with van der Waals surface area (Å²) < 4.78 is 2.03. The molecule has 3 aromatic rings. The molecule has 0 aliphatic heterocycles. The van der Waals surface area contributed by atoms with Crippen molar-refractivity contribution in [3.63, 3.8) is 0 Å². The van der Waals surface area contributed by atoms with E-state index in [9.17, 15) is 4.79 Å². The molecule has 0 bridgehead atoms. The summed E-state index contributed by atoms with van der Waals surface area (Å²) in [5, 5.41) is 3.08. The maximum absolute atomic E-state index is 12.3. The van der Waals surface area contributed by atoms with Gasteiger partial charge in [-0.05, 0) is 62.1 Å². The third-order valence-corrected chi connectivity index (χ3v) is 4.55. The Balaban J connectivity index is 1.56. The molecule has 23 heavy (non-hydrogen) atoms. The molecule has 2 aromatic carbocycles. The van der Waals surface area contributed by atoms with E-state index in [-0.39, 0.29) is 11.9 Å². The van der Waals surface area contributed by atoms with Gasteiger partial charge < -0.3 is 5.32 Å². The molecule has 4 heteroatoms. The van der Waals surface area contributed by atoms with Crippen molar-refractivity contribution in [1.29, 1.82) is 0 Å². The quantitative estimate of drug-likeness (QED) is 0.801. The van der Waals surface area contributed by atoms with E-state index in [1.807, 2.05) is 59.4 Å². The van der Waals surface area contributed by atoms with E-state index in [4.69, 9.17) is 0 Å². The van der Waals surface area contributed by atoms with E-state index in [0.717, 1.165) is 16.7 Å². The number of carbonyl (C=O) groups is 1. The molecule has 0 spiro atoms. The van der Waals surface area contributed by atoms with Gasteiger partial charge in [0.1, 0.15) is 6.33 Å². The normalized spacial score (nSPS) is 15.5. The van der Waals surface area contributed by atoms with Gasteiger partial charge in [0.2, 0.25) is 0 Å². The smallest absolute Gasteiger partial charge is 0.251 e. The molecule has 1 atom stereocenters. The lowest BCUT2D eigenvalue weighted by molar-refractivity contribution is 0.0936. The van der Waals surface area contributed by atoms with E-state index in [1.165, 1.54) is 12.8 Å². The number of fused-ring (bicyclic) bond motifs is 1. The number of rotatable bonds is 4. The fourth-order valence-corrected chi connectivity index (χ4v) is 2.94. The van der Waals surface area contributed by atoms with Crippen LogP contribution in [-0.2, 0) is 0 Å². The maximum Gasteiger partial charge on any atom is 0.251 e. The highest BCUT2D eigenvalue weighted by Crippen LogP contribution is 2.32. The summed E-state index contributed by atoms with van der Waals surface area (Å²) in [6.45, 7) is 2.08. The first-order valence-electron chi connectivity index (χ1n) is 8.06. The first kappa shape index (κ1) is 14.0. The van der Waals surface area contributed by atoms with Gasteiger partial charge in [0.15, 0.2) is 0 Å². The zero-order valence-corrected chi connectivity index (χ0v) is 13.1. The van der Waals surface area contributed by atoms with E-state index >= 15 is 0 Å². The third kappa shape index (κ3) is 2.72. The van der Waals surface area contributed by atoms with Gasteiger partial charge in [0, 0.05) is 17.3 Å². The van der Waals surface area contributed by atoms with Crippen molar-refractivity contribution < 1.29 is 4.79 Å². The van der Waals surface area contributed by atoms with Crippen molar-refractivity contribution in [2.24, 2.45) is 5.92 Å². The molecule has 4 rings (SSSR count). The van der Waals surface area contributed by atoms with Gasteiger partial charge in [-0.2, -0.15) is 0 Å². The van der Waals surface area contributed by atoms with E-state index in [2.05, 4.69) is 17.2 Å². The van der Waals surface area contributed by atoms with Gasteiger partial charge in [-0.1, -0.05) is 12.1 Å². The fraction of sp³-hybridized carbons (Fsp3) is 0.263. The van der Waals surface area contributed by atoms with Gasteiger partial charge >= 0.3 is 0 Å². The van der Waals surface area contributed by atoms with Crippen LogP contribution in [0.25, 0.3) is 16.7 Å². The second-order valence-corrected chi connectivity index (χ2v) is 6.25. The van der Waals surface area contributed by atoms with Gasteiger partial charge in [0.25, 0.3) is 5.91 Å². The minimum atomic E-state index is 0.00596. The van der Waals surface area contributed by atoms with Crippen LogP contribution in [0.2, 0.25) is 0 Å². The van der Waals surface area contributed by atoms with Crippen LogP contribution in [0.1, 0.15) is 30.1 Å². The lowest BCUT2D eigenvalue weighted by Gasteiger charge is -2.13. The highest BCUT2D eigenvalue weighted by molar-refractivity contribution is 5.94. The molecule has 0 saturated heterocycles. The van der Waals surface area contributed by atoms with Crippen molar-refractivity contribution in [1.82, 2.24) is 14.9 Å². The Morgan fingerprint density at radius 3 is 2.65 bits per heavy atom. The molecule has 1 aliphatic rings. The SMILES string of the molecule is C[C@H](NC(=O)c1ccc(-n2cnc3ccccc32)cc1)C1CC1. The number of hydrogen-bond acceptors (Lipinski definition) is 2. The lowest BCUT2D eigenvalue weighted by Crippen LogP contribution is -2.33. The van der Waals surface area contributed by atoms with E-state index in [0.29, 0.717) is 11.5 Å². The summed E-state index contributed by atoms with van der Waals surface area (Å²) >= 11 is 0. The predicted octanol–water partition coefficient (Wildman–Crippen LogP) is 3.55. The van der Waals surface area contributed by atoms with Crippen LogP contribution < -0.4 is 5.32 Å². The van der Waals surface area contributed by atoms with Gasteiger partial charge in [-0.3, -0.25) is 9.36 Å². The second kappa shape index (κ2) is 5.54. The molecule has 1 heterocycles. The number of nitrogens with zero attached hydrogens (tertiary/aromatic N) is 2. The molecule has 1 aliphatic carbocycles. The van der Waals surface area contributed by atoms with Crippen LogP contribution >= 0.6 is 0 Å². The molecule has 0 unspecified atom stereocenters. The summed E-state index contributed by atoms with van der Waals surface area (Å²) in [7, 11) is 0. The third-order valence-electron chi connectivity index (χ3n) is 4.55. The van der Waals surface area contributed by atoms with Crippen LogP contribution in [0.3, 0.4) is 0 Å². The van der Waals surface area contributed by atoms with Crippen molar-refractivity contribution in [3.8, 4) is 5.69 Å². The Hall–Kier alpha value is -2.62. The first-order valence-corrected chi connectivity index (χ1v) is 8.06. The summed E-state index contributed by atoms with van der Waals surface area (Å²) in [4.78, 5) is 16.7. The Labute approximate surface area is 135 Å². The predicted molar refractivity (Wildman–Crippen MR) is 90.7 cm³/mol. The number of aromatic nitrogens is 2. The van der Waals surface area contributed by atoms with Crippen LogP contribution in [-0.4, -0.2) is 21.5 Å². The molecule has 1 N–H and O–H groups in total. The second-order valence-electron chi connectivity index (χ2n) is 6.25. The number of hydrogen-bond donors (Lipinski definition) is 1. The van der Waals surface area contributed by atoms with Crippen LogP contribution in [0.4, 0.5) is 0 Å². The molecular weight excluding hydrogens is 286 g/mol. The molecule has 1 saturated carbocycles. The topological polar surface area (TPSA) is 46.9 Å². The maximum atomic E-state index is 12.3. The van der Waals surface area contributed by atoms with Crippen molar-refractivity contribution >= 4 is 16.9 Å². The Morgan fingerprint density at radius 2 is 1.91 bits per heavy atom. The number of imidazole rings is 1. The number of nitrogens with one attached hydrogen (secondary N) is 1. The van der Waals surface area contributed by atoms with Crippen molar-refractivity contribution in [3.05, 3.63) is 60.4 Å². The summed E-state index contributed by atoms with van der Waals surface area (Å²) in [6, 6.07) is 16.0. The molecule has 0 radical (unpaired) electrons. The van der Waals surface area contributed by atoms with Crippen molar-refractivity contribution in [2.75, 3.05) is 0 Å². The molecule has 4 nitrogen and oxygen atoms in total. The van der Waals surface area contributed by atoms with Crippen LogP contribution in [0.15, 0.2) is 54.9 Å². The highest BCUT2D eigenvalue weighted by Gasteiger charge is 2.29. The molecule has 116 valence electrons. The first-order chi connectivity index (χ1) is 11.2. The summed E-state index contributed by atoms with van der Waals surface area (Å²) in [5.74, 6) is 0.668. The fourth-order valence-electron chi connectivity index (χ4n) is 2.94. The molecule has 1 fully saturated rings. The van der Waals surface area contributed by atoms with Gasteiger partial charge in [0.05, 0.1) is 11.0 Å². The van der Waals surface area contributed by atoms with Gasteiger partial charge in [-0.15, -0.1) is 0 Å². The number of amides is 1. The Morgan fingerprint density at radius 1 is 1.17 bits per heavy atom. The lowest BCUT2D eigenvalue weighted by atomic mass is 10.1. The van der Waals surface area contributed by atoms with Crippen LogP contribution in [0, 0.1) is 5.92 Å². The number of carbonyl (C=O) groups excluding carboxylic acids is 1. The molecule has 1 aromatic heterocycles. The average molecular weight is 305 g/mol. The summed E-state index contributed by atoms with van der Waals surface area (Å²) in [5.41, 5.74) is 3.73. The largest absolute Gasteiger partial charge is 0.349 e. The minimum Gasteiger partial charge on any atom is -0.349 e. The zero-order chi connectivity index (χ0) is 15.8. The van der Waals surface area contributed by atoms with Crippen molar-refractivity contribution in [2.45, 2.75) is 25.8 Å². The van der Waals surface area contributed by atoms with Crippen LogP contribution in [0.5, 0.6) is 0 Å². The van der Waals surface area contributed by atoms with E-state index < -0.39 is 0 Å².